The molecule has 2 bridgehead atoms. The standard InChI is InChI=1S/C18H25N3O3/c1-12(2)19-16(22)6-7-17(23)20-9-13-8-14(11-20)15-4-3-5-18(24)21(15)10-13/h3-5,12-14H,6-11H2,1-2H3,(H,19,22)/t13-,14-/m1/s1. The number of nitrogens with one attached hydrogen (secondary N) is 1. The van der Waals surface area contributed by atoms with Crippen molar-refractivity contribution in [3.05, 3.63) is 34.2 Å². The zero-order chi connectivity index (χ0) is 17.3. The highest BCUT2D eigenvalue weighted by molar-refractivity contribution is 5.84. The van der Waals surface area contributed by atoms with Gasteiger partial charge < -0.3 is 14.8 Å². The maximum Gasteiger partial charge on any atom is 0.250 e. The molecule has 2 aliphatic rings. The Morgan fingerprint density at radius 3 is 2.75 bits per heavy atom. The van der Waals surface area contributed by atoms with Crippen LogP contribution in [0.4, 0.5) is 0 Å². The van der Waals surface area contributed by atoms with Gasteiger partial charge in [-0.25, -0.2) is 0 Å². The molecule has 6 heteroatoms. The van der Waals surface area contributed by atoms with Crippen LogP contribution < -0.4 is 10.9 Å². The van der Waals surface area contributed by atoms with Crippen LogP contribution in [-0.4, -0.2) is 40.4 Å². The molecule has 0 saturated carbocycles. The lowest BCUT2D eigenvalue weighted by Gasteiger charge is -2.42. The lowest BCUT2D eigenvalue weighted by Crippen LogP contribution is -2.49. The van der Waals surface area contributed by atoms with E-state index in [1.807, 2.05) is 29.4 Å². The number of hydrogen-bond acceptors (Lipinski definition) is 3. The van der Waals surface area contributed by atoms with Crippen molar-refractivity contribution >= 4 is 11.8 Å². The van der Waals surface area contributed by atoms with Crippen molar-refractivity contribution in [1.82, 2.24) is 14.8 Å². The monoisotopic (exact) mass is 331 g/mol. The summed E-state index contributed by atoms with van der Waals surface area (Å²) in [6.45, 7) is 5.82. The first-order valence-electron chi connectivity index (χ1n) is 8.71. The molecular formula is C18H25N3O3. The molecule has 2 amide bonds. The van der Waals surface area contributed by atoms with Crippen LogP contribution >= 0.6 is 0 Å². The van der Waals surface area contributed by atoms with Gasteiger partial charge >= 0.3 is 0 Å². The van der Waals surface area contributed by atoms with Gasteiger partial charge in [0.05, 0.1) is 0 Å². The Labute approximate surface area is 141 Å². The molecule has 1 fully saturated rings. The minimum atomic E-state index is -0.0764. The third-order valence-electron chi connectivity index (χ3n) is 4.85. The highest BCUT2D eigenvalue weighted by Crippen LogP contribution is 2.35. The van der Waals surface area contributed by atoms with Gasteiger partial charge in [0.1, 0.15) is 0 Å². The number of hydrogen-bond donors (Lipinski definition) is 1. The van der Waals surface area contributed by atoms with Crippen LogP contribution in [0.3, 0.4) is 0 Å². The fraction of sp³-hybridized carbons (Fsp3) is 0.611. The molecule has 0 spiro atoms. The summed E-state index contributed by atoms with van der Waals surface area (Å²) in [5.41, 5.74) is 1.08. The maximum absolute atomic E-state index is 12.5. The zero-order valence-electron chi connectivity index (χ0n) is 14.3. The summed E-state index contributed by atoms with van der Waals surface area (Å²) in [6, 6.07) is 5.48. The Balaban J connectivity index is 1.63. The van der Waals surface area contributed by atoms with E-state index in [1.165, 1.54) is 0 Å². The van der Waals surface area contributed by atoms with E-state index < -0.39 is 0 Å². The number of carbonyl (C=O) groups excluding carboxylic acids is 2. The molecule has 0 aromatic carbocycles. The predicted molar refractivity (Wildman–Crippen MR) is 90.6 cm³/mol. The molecule has 24 heavy (non-hydrogen) atoms. The molecule has 2 aliphatic heterocycles. The van der Waals surface area contributed by atoms with Crippen LogP contribution in [0.1, 0.15) is 44.7 Å². The molecule has 1 aromatic rings. The second-order valence-corrected chi connectivity index (χ2v) is 7.22. The molecule has 3 rings (SSSR count). The summed E-state index contributed by atoms with van der Waals surface area (Å²) in [6.07, 6.45) is 1.51. The first kappa shape index (κ1) is 16.7. The fourth-order valence-corrected chi connectivity index (χ4v) is 3.87. The molecule has 0 unspecified atom stereocenters. The van der Waals surface area contributed by atoms with E-state index in [9.17, 15) is 14.4 Å². The van der Waals surface area contributed by atoms with Crippen LogP contribution in [0.25, 0.3) is 0 Å². The Morgan fingerprint density at radius 2 is 2.00 bits per heavy atom. The van der Waals surface area contributed by atoms with Crippen molar-refractivity contribution in [3.63, 3.8) is 0 Å². The summed E-state index contributed by atoms with van der Waals surface area (Å²) >= 11 is 0. The van der Waals surface area contributed by atoms with E-state index >= 15 is 0 Å². The third kappa shape index (κ3) is 3.52. The molecule has 1 N–H and O–H groups in total. The van der Waals surface area contributed by atoms with Gasteiger partial charge in [-0.05, 0) is 32.3 Å². The average molecular weight is 331 g/mol. The Kier molecular flexibility index (Phi) is 4.73. The van der Waals surface area contributed by atoms with E-state index in [1.54, 1.807) is 12.1 Å². The Hall–Kier alpha value is -2.11. The summed E-state index contributed by atoms with van der Waals surface area (Å²) in [5.74, 6) is 0.507. The van der Waals surface area contributed by atoms with Crippen LogP contribution in [0.5, 0.6) is 0 Å². The predicted octanol–water partition coefficient (Wildman–Crippen LogP) is 1.10. The molecule has 1 aromatic heterocycles. The van der Waals surface area contributed by atoms with Crippen LogP contribution in [-0.2, 0) is 16.1 Å². The number of piperidine rings is 1. The highest BCUT2D eigenvalue weighted by Gasteiger charge is 2.36. The molecule has 1 saturated heterocycles. The van der Waals surface area contributed by atoms with Gasteiger partial charge in [-0.3, -0.25) is 14.4 Å². The smallest absolute Gasteiger partial charge is 0.250 e. The Morgan fingerprint density at radius 1 is 1.21 bits per heavy atom. The maximum atomic E-state index is 12.5. The summed E-state index contributed by atoms with van der Waals surface area (Å²) in [7, 11) is 0. The molecular weight excluding hydrogens is 306 g/mol. The van der Waals surface area contributed by atoms with E-state index in [4.69, 9.17) is 0 Å². The highest BCUT2D eigenvalue weighted by atomic mass is 16.2. The summed E-state index contributed by atoms with van der Waals surface area (Å²) < 4.78 is 1.86. The number of likely N-dealkylation sites (tertiary alicyclic amines) is 1. The molecule has 130 valence electrons. The first-order valence-corrected chi connectivity index (χ1v) is 8.71. The van der Waals surface area contributed by atoms with Gasteiger partial charge in [0.2, 0.25) is 11.8 Å². The normalized spacial score (nSPS) is 22.2. The van der Waals surface area contributed by atoms with Gasteiger partial charge in [0.15, 0.2) is 0 Å². The van der Waals surface area contributed by atoms with Gasteiger partial charge in [-0.1, -0.05) is 6.07 Å². The lowest BCUT2D eigenvalue weighted by atomic mass is 9.83. The van der Waals surface area contributed by atoms with Gasteiger partial charge in [0, 0.05) is 56.2 Å². The average Bonchev–Trinajstić information content (AvgIpc) is 2.53. The Bertz CT molecular complexity index is 695. The van der Waals surface area contributed by atoms with Crippen LogP contribution in [0.15, 0.2) is 23.0 Å². The van der Waals surface area contributed by atoms with Crippen molar-refractivity contribution in [2.45, 2.75) is 51.6 Å². The van der Waals surface area contributed by atoms with Gasteiger partial charge in [-0.2, -0.15) is 0 Å². The van der Waals surface area contributed by atoms with Crippen molar-refractivity contribution in [3.8, 4) is 0 Å². The summed E-state index contributed by atoms with van der Waals surface area (Å²) in [5, 5.41) is 2.81. The number of fused-ring (bicyclic) bond motifs is 4. The van der Waals surface area contributed by atoms with E-state index in [0.717, 1.165) is 12.1 Å². The second kappa shape index (κ2) is 6.79. The van der Waals surface area contributed by atoms with E-state index in [2.05, 4.69) is 5.32 Å². The number of nitrogens with zero attached hydrogens (tertiary/aromatic N) is 2. The van der Waals surface area contributed by atoms with Crippen molar-refractivity contribution in [2.24, 2.45) is 5.92 Å². The molecule has 3 heterocycles. The number of carbonyl (C=O) groups is 2. The second-order valence-electron chi connectivity index (χ2n) is 7.22. The quantitative estimate of drug-likeness (QED) is 0.898. The minimum Gasteiger partial charge on any atom is -0.354 e. The number of rotatable bonds is 4. The number of pyridine rings is 1. The fourth-order valence-electron chi connectivity index (χ4n) is 3.87. The van der Waals surface area contributed by atoms with Crippen molar-refractivity contribution in [2.75, 3.05) is 13.1 Å². The van der Waals surface area contributed by atoms with Gasteiger partial charge in [-0.15, -0.1) is 0 Å². The van der Waals surface area contributed by atoms with E-state index in [-0.39, 0.29) is 42.2 Å². The third-order valence-corrected chi connectivity index (χ3v) is 4.85. The SMILES string of the molecule is CC(C)NC(=O)CCC(=O)N1C[C@H]2C[C@H](C1)c1cccc(=O)n1C2. The topological polar surface area (TPSA) is 71.4 Å². The van der Waals surface area contributed by atoms with Crippen LogP contribution in [0, 0.1) is 5.92 Å². The molecule has 6 nitrogen and oxygen atoms in total. The minimum absolute atomic E-state index is 0.0373. The molecule has 2 atom stereocenters. The lowest BCUT2D eigenvalue weighted by molar-refractivity contribution is -0.136. The largest absolute Gasteiger partial charge is 0.354 e. The number of aromatic nitrogens is 1. The first-order chi connectivity index (χ1) is 11.4. The van der Waals surface area contributed by atoms with Gasteiger partial charge in [0.25, 0.3) is 5.56 Å². The number of amides is 2. The molecule has 0 radical (unpaired) electrons. The molecule has 0 aliphatic carbocycles. The van der Waals surface area contributed by atoms with Crippen LogP contribution in [0.2, 0.25) is 0 Å². The van der Waals surface area contributed by atoms with E-state index in [0.29, 0.717) is 25.6 Å². The van der Waals surface area contributed by atoms with Crippen molar-refractivity contribution in [1.29, 1.82) is 0 Å². The van der Waals surface area contributed by atoms with Crippen molar-refractivity contribution < 1.29 is 9.59 Å². The summed E-state index contributed by atoms with van der Waals surface area (Å²) in [4.78, 5) is 38.1. The zero-order valence-corrected chi connectivity index (χ0v) is 14.3.